The Morgan fingerprint density at radius 2 is 1.88 bits per heavy atom. The minimum Gasteiger partial charge on any atom is -0.494 e. The van der Waals surface area contributed by atoms with Crippen LogP contribution in [0.3, 0.4) is 0 Å². The lowest BCUT2D eigenvalue weighted by Gasteiger charge is -2.30. The fourth-order valence-corrected chi connectivity index (χ4v) is 2.65. The Labute approximate surface area is 141 Å². The van der Waals surface area contributed by atoms with Crippen molar-refractivity contribution in [2.45, 2.75) is 39.2 Å². The third kappa shape index (κ3) is 4.70. The van der Waals surface area contributed by atoms with Gasteiger partial charge in [-0.05, 0) is 13.5 Å². The number of aromatic hydroxyl groups is 1. The zero-order valence-corrected chi connectivity index (χ0v) is 14.5. The Morgan fingerprint density at radius 1 is 1.17 bits per heavy atom. The second kappa shape index (κ2) is 8.68. The lowest BCUT2D eigenvalue weighted by molar-refractivity contribution is 0.159. The Bertz CT molecular complexity index is 671. The summed E-state index contributed by atoms with van der Waals surface area (Å²) < 4.78 is 1.21. The molecular weight excluding hydrogens is 310 g/mol. The summed E-state index contributed by atoms with van der Waals surface area (Å²) in [6.07, 6.45) is 5.28. The van der Waals surface area contributed by atoms with Crippen LogP contribution in [-0.2, 0) is 6.54 Å². The first-order valence-electron chi connectivity index (χ1n) is 8.56. The zero-order chi connectivity index (χ0) is 17.5. The largest absolute Gasteiger partial charge is 0.494 e. The molecule has 0 atom stereocenters. The molecule has 0 aliphatic carbocycles. The van der Waals surface area contributed by atoms with E-state index in [-0.39, 0.29) is 11.4 Å². The van der Waals surface area contributed by atoms with Gasteiger partial charge in [-0.1, -0.05) is 26.2 Å². The number of hydrogen-bond donors (Lipinski definition) is 2. The minimum atomic E-state index is -0.611. The molecule has 2 N–H and O–H groups in total. The van der Waals surface area contributed by atoms with Crippen molar-refractivity contribution in [1.29, 1.82) is 0 Å². The van der Waals surface area contributed by atoms with E-state index in [0.29, 0.717) is 6.54 Å². The maximum atomic E-state index is 12.0. The van der Waals surface area contributed by atoms with Gasteiger partial charge < -0.3 is 10.0 Å². The van der Waals surface area contributed by atoms with Gasteiger partial charge in [0.25, 0.3) is 5.56 Å². The topological polar surface area (TPSA) is 93.9 Å². The third-order valence-electron chi connectivity index (χ3n) is 4.27. The number of unbranched alkanes of at least 4 members (excludes halogenated alkanes) is 3. The van der Waals surface area contributed by atoms with Crippen molar-refractivity contribution in [3.63, 3.8) is 0 Å². The van der Waals surface area contributed by atoms with Gasteiger partial charge in [0.1, 0.15) is 5.56 Å². The van der Waals surface area contributed by atoms with Gasteiger partial charge in [0.15, 0.2) is 0 Å². The Balaban J connectivity index is 2.14. The number of hydrogen-bond acceptors (Lipinski definition) is 6. The Morgan fingerprint density at radius 3 is 2.54 bits per heavy atom. The molecule has 1 aliphatic heterocycles. The molecule has 0 saturated carbocycles. The van der Waals surface area contributed by atoms with Gasteiger partial charge in [-0.25, -0.2) is 4.79 Å². The number of hydrazone groups is 1. The number of nitrogens with one attached hydrogen (secondary N) is 1. The molecule has 2 rings (SSSR count). The van der Waals surface area contributed by atoms with Crippen LogP contribution in [-0.4, -0.2) is 64.0 Å². The van der Waals surface area contributed by atoms with E-state index in [2.05, 4.69) is 21.9 Å². The summed E-state index contributed by atoms with van der Waals surface area (Å²) in [6, 6.07) is 0. The first kappa shape index (κ1) is 18.3. The first-order valence-corrected chi connectivity index (χ1v) is 8.56. The molecule has 8 heteroatoms. The van der Waals surface area contributed by atoms with Crippen molar-refractivity contribution in [3.8, 4) is 5.88 Å². The molecule has 0 bridgehead atoms. The second-order valence-corrected chi connectivity index (χ2v) is 6.21. The van der Waals surface area contributed by atoms with Crippen molar-refractivity contribution in [1.82, 2.24) is 19.5 Å². The quantitative estimate of drug-likeness (QED) is 0.555. The molecule has 24 heavy (non-hydrogen) atoms. The zero-order valence-electron chi connectivity index (χ0n) is 14.5. The molecule has 0 amide bonds. The van der Waals surface area contributed by atoms with Crippen molar-refractivity contribution >= 4 is 6.21 Å². The molecule has 1 aliphatic rings. The average Bonchev–Trinajstić information content (AvgIpc) is 2.55. The molecule has 1 saturated heterocycles. The fourth-order valence-electron chi connectivity index (χ4n) is 2.65. The smallest absolute Gasteiger partial charge is 0.331 e. The van der Waals surface area contributed by atoms with Crippen LogP contribution in [0.2, 0.25) is 0 Å². The average molecular weight is 337 g/mol. The highest BCUT2D eigenvalue weighted by Crippen LogP contribution is 2.10. The molecule has 0 aromatic carbocycles. The number of H-pyrrole nitrogens is 1. The van der Waals surface area contributed by atoms with Gasteiger partial charge in [-0.3, -0.25) is 19.4 Å². The van der Waals surface area contributed by atoms with E-state index in [0.717, 1.165) is 51.9 Å². The van der Waals surface area contributed by atoms with Gasteiger partial charge >= 0.3 is 5.69 Å². The van der Waals surface area contributed by atoms with Crippen molar-refractivity contribution in [3.05, 3.63) is 26.4 Å². The van der Waals surface area contributed by atoms with Crippen LogP contribution in [0.1, 0.15) is 38.2 Å². The van der Waals surface area contributed by atoms with Crippen LogP contribution in [0, 0.1) is 0 Å². The van der Waals surface area contributed by atoms with E-state index in [1.54, 1.807) is 0 Å². The summed E-state index contributed by atoms with van der Waals surface area (Å²) >= 11 is 0. The van der Waals surface area contributed by atoms with E-state index in [4.69, 9.17) is 0 Å². The van der Waals surface area contributed by atoms with E-state index >= 15 is 0 Å². The number of nitrogens with zero attached hydrogens (tertiary/aromatic N) is 4. The highest BCUT2D eigenvalue weighted by molar-refractivity contribution is 5.81. The molecular formula is C16H27N5O3. The molecule has 0 spiro atoms. The molecule has 0 radical (unpaired) electrons. The van der Waals surface area contributed by atoms with Gasteiger partial charge in [-0.2, -0.15) is 5.10 Å². The van der Waals surface area contributed by atoms with E-state index in [1.165, 1.54) is 10.8 Å². The normalized spacial score (nSPS) is 16.2. The highest BCUT2D eigenvalue weighted by Gasteiger charge is 2.14. The van der Waals surface area contributed by atoms with Crippen molar-refractivity contribution in [2.75, 3.05) is 33.2 Å². The molecule has 134 valence electrons. The van der Waals surface area contributed by atoms with Crippen molar-refractivity contribution < 1.29 is 5.11 Å². The summed E-state index contributed by atoms with van der Waals surface area (Å²) in [5, 5.41) is 16.4. The summed E-state index contributed by atoms with van der Waals surface area (Å²) in [5.41, 5.74) is -1.16. The fraction of sp³-hybridized carbons (Fsp3) is 0.688. The summed E-state index contributed by atoms with van der Waals surface area (Å²) in [5.74, 6) is -0.307. The van der Waals surface area contributed by atoms with Crippen LogP contribution in [0.15, 0.2) is 14.7 Å². The highest BCUT2D eigenvalue weighted by atomic mass is 16.3. The van der Waals surface area contributed by atoms with Crippen LogP contribution < -0.4 is 11.2 Å². The second-order valence-electron chi connectivity index (χ2n) is 6.21. The van der Waals surface area contributed by atoms with Crippen LogP contribution in [0.5, 0.6) is 5.88 Å². The van der Waals surface area contributed by atoms with Gasteiger partial charge in [0.2, 0.25) is 5.88 Å². The lowest BCUT2D eigenvalue weighted by Crippen LogP contribution is -2.42. The van der Waals surface area contributed by atoms with Gasteiger partial charge in [0, 0.05) is 32.7 Å². The number of piperazine rings is 1. The third-order valence-corrected chi connectivity index (χ3v) is 4.27. The predicted molar refractivity (Wildman–Crippen MR) is 93.8 cm³/mol. The molecule has 1 aromatic heterocycles. The SMILES string of the molecule is CCCCCCn1c(O)c(/C=N/N2CCN(C)CC2)c(=O)[nH]c1=O. The minimum absolute atomic E-state index is 0.0315. The maximum Gasteiger partial charge on any atom is 0.331 e. The van der Waals surface area contributed by atoms with Crippen LogP contribution in [0.25, 0.3) is 0 Å². The summed E-state index contributed by atoms with van der Waals surface area (Å²) in [6.45, 7) is 5.82. The summed E-state index contributed by atoms with van der Waals surface area (Å²) in [7, 11) is 2.05. The van der Waals surface area contributed by atoms with Crippen molar-refractivity contribution in [2.24, 2.45) is 5.10 Å². The monoisotopic (exact) mass is 337 g/mol. The summed E-state index contributed by atoms with van der Waals surface area (Å²) in [4.78, 5) is 28.3. The van der Waals surface area contributed by atoms with Gasteiger partial charge in [-0.15, -0.1) is 0 Å². The van der Waals surface area contributed by atoms with E-state index in [9.17, 15) is 14.7 Å². The molecule has 8 nitrogen and oxygen atoms in total. The lowest BCUT2D eigenvalue weighted by atomic mass is 10.2. The Hall–Kier alpha value is -2.09. The maximum absolute atomic E-state index is 12.0. The van der Waals surface area contributed by atoms with Crippen LogP contribution in [0.4, 0.5) is 0 Å². The Kier molecular flexibility index (Phi) is 6.60. The number of aromatic amines is 1. The number of aromatic nitrogens is 2. The standard InChI is InChI=1S/C16H27N5O3/c1-3-4-5-6-7-21-15(23)13(14(22)18-16(21)24)12-17-20-10-8-19(2)9-11-20/h12,23H,3-11H2,1-2H3,(H,18,22,24)/b17-12+. The predicted octanol–water partition coefficient (Wildman–Crippen LogP) is 0.404. The first-order chi connectivity index (χ1) is 11.5. The number of likely N-dealkylation sites (N-methyl/N-ethyl adjacent to an activating group) is 1. The van der Waals surface area contributed by atoms with Crippen LogP contribution >= 0.6 is 0 Å². The molecule has 2 heterocycles. The molecule has 0 unspecified atom stereocenters. The molecule has 1 aromatic rings. The molecule has 1 fully saturated rings. The van der Waals surface area contributed by atoms with Gasteiger partial charge in [0.05, 0.1) is 6.21 Å². The van der Waals surface area contributed by atoms with E-state index in [1.807, 2.05) is 12.1 Å². The number of rotatable bonds is 7. The van der Waals surface area contributed by atoms with E-state index < -0.39 is 11.2 Å².